The second kappa shape index (κ2) is 6.88. The van der Waals surface area contributed by atoms with Gasteiger partial charge in [0, 0.05) is 5.75 Å². The molecule has 0 rings (SSSR count). The van der Waals surface area contributed by atoms with Crippen molar-refractivity contribution in [2.45, 2.75) is 34.1 Å². The lowest BCUT2D eigenvalue weighted by Crippen LogP contribution is -2.46. The van der Waals surface area contributed by atoms with Gasteiger partial charge in [-0.3, -0.25) is 9.59 Å². The molecule has 0 aromatic heterocycles. The van der Waals surface area contributed by atoms with Crippen molar-refractivity contribution in [2.75, 3.05) is 18.1 Å². The zero-order chi connectivity index (χ0) is 15.3. The molecule has 112 valence electrons. The van der Waals surface area contributed by atoms with Gasteiger partial charge in [-0.25, -0.2) is 8.42 Å². The van der Waals surface area contributed by atoms with Crippen molar-refractivity contribution in [1.29, 1.82) is 0 Å². The minimum Gasteiger partial charge on any atom is -0.480 e. The molecule has 0 radical (unpaired) electrons. The molecule has 0 bridgehead atoms. The maximum absolute atomic E-state index is 12.0. The molecule has 0 saturated heterocycles. The molecular formula is C12H22O6S. The Morgan fingerprint density at radius 1 is 1.26 bits per heavy atom. The average molecular weight is 294 g/mol. The molecule has 0 spiro atoms. The van der Waals surface area contributed by atoms with E-state index >= 15 is 0 Å². The van der Waals surface area contributed by atoms with Crippen molar-refractivity contribution in [1.82, 2.24) is 0 Å². The van der Waals surface area contributed by atoms with Crippen LogP contribution in [0.5, 0.6) is 0 Å². The van der Waals surface area contributed by atoms with Crippen LogP contribution in [0.3, 0.4) is 0 Å². The number of carbonyl (C=O) groups is 2. The fourth-order valence-electron chi connectivity index (χ4n) is 1.79. The summed E-state index contributed by atoms with van der Waals surface area (Å²) in [5.41, 5.74) is -1.81. The van der Waals surface area contributed by atoms with Crippen molar-refractivity contribution in [2.24, 2.45) is 11.3 Å². The van der Waals surface area contributed by atoms with E-state index < -0.39 is 33.1 Å². The number of carboxylic acid groups (broad SMARTS) is 1. The fraction of sp³-hybridized carbons (Fsp3) is 0.833. The Bertz CT molecular complexity index is 426. The van der Waals surface area contributed by atoms with Crippen LogP contribution in [0.15, 0.2) is 0 Å². The molecule has 0 aromatic carbocycles. The number of rotatable bonds is 8. The Morgan fingerprint density at radius 3 is 2.11 bits per heavy atom. The monoisotopic (exact) mass is 294 g/mol. The van der Waals surface area contributed by atoms with E-state index in [0.29, 0.717) is 0 Å². The van der Waals surface area contributed by atoms with Gasteiger partial charge in [0.15, 0.2) is 5.41 Å². The van der Waals surface area contributed by atoms with Crippen LogP contribution < -0.4 is 0 Å². The van der Waals surface area contributed by atoms with Crippen LogP contribution in [0.2, 0.25) is 0 Å². The zero-order valence-corrected chi connectivity index (χ0v) is 12.6. The summed E-state index contributed by atoms with van der Waals surface area (Å²) in [6, 6.07) is 0. The first-order valence-corrected chi connectivity index (χ1v) is 8.07. The maximum Gasteiger partial charge on any atom is 0.323 e. The number of hydrogen-bond acceptors (Lipinski definition) is 5. The van der Waals surface area contributed by atoms with Crippen LogP contribution in [-0.4, -0.2) is 43.6 Å². The van der Waals surface area contributed by atoms with Crippen LogP contribution in [0.1, 0.15) is 34.1 Å². The van der Waals surface area contributed by atoms with E-state index in [0.717, 1.165) is 0 Å². The van der Waals surface area contributed by atoms with Crippen molar-refractivity contribution in [3.8, 4) is 0 Å². The standard InChI is InChI=1S/C12H22O6S/c1-5-18-11(15)12(9(3)4,10(13)14)7-8-19(16,17)6-2/h9H,5-8H2,1-4H3,(H,13,14). The Labute approximate surface area is 114 Å². The highest BCUT2D eigenvalue weighted by Gasteiger charge is 2.50. The van der Waals surface area contributed by atoms with Gasteiger partial charge >= 0.3 is 11.9 Å². The fourth-order valence-corrected chi connectivity index (χ4v) is 2.71. The molecule has 0 aliphatic heterocycles. The van der Waals surface area contributed by atoms with Crippen molar-refractivity contribution in [3.05, 3.63) is 0 Å². The number of carbonyl (C=O) groups excluding carboxylic acids is 1. The molecule has 0 saturated carbocycles. The lowest BCUT2D eigenvalue weighted by molar-refractivity contribution is -0.172. The second-order valence-corrected chi connectivity index (χ2v) is 7.11. The second-order valence-electron chi connectivity index (χ2n) is 4.64. The summed E-state index contributed by atoms with van der Waals surface area (Å²) < 4.78 is 27.9. The number of ether oxygens (including phenoxy) is 1. The van der Waals surface area contributed by atoms with Gasteiger partial charge in [-0.1, -0.05) is 20.8 Å². The van der Waals surface area contributed by atoms with Gasteiger partial charge < -0.3 is 9.84 Å². The Balaban J connectivity index is 5.38. The van der Waals surface area contributed by atoms with Crippen LogP contribution in [0.4, 0.5) is 0 Å². The molecule has 7 heteroatoms. The van der Waals surface area contributed by atoms with Gasteiger partial charge in [0.05, 0.1) is 12.4 Å². The van der Waals surface area contributed by atoms with Gasteiger partial charge in [-0.15, -0.1) is 0 Å². The third kappa shape index (κ3) is 4.19. The van der Waals surface area contributed by atoms with E-state index in [2.05, 4.69) is 0 Å². The first-order chi connectivity index (χ1) is 8.64. The van der Waals surface area contributed by atoms with Gasteiger partial charge in [0.1, 0.15) is 9.84 Å². The van der Waals surface area contributed by atoms with Crippen LogP contribution in [-0.2, 0) is 24.2 Å². The normalized spacial score (nSPS) is 15.0. The SMILES string of the molecule is CCOC(=O)C(CCS(=O)(=O)CC)(C(=O)O)C(C)C. The van der Waals surface area contributed by atoms with E-state index in [9.17, 15) is 23.1 Å². The molecule has 1 atom stereocenters. The van der Waals surface area contributed by atoms with Crippen LogP contribution in [0, 0.1) is 11.3 Å². The highest BCUT2D eigenvalue weighted by atomic mass is 32.2. The molecule has 0 heterocycles. The molecule has 0 aliphatic carbocycles. The Morgan fingerprint density at radius 2 is 1.79 bits per heavy atom. The highest BCUT2D eigenvalue weighted by Crippen LogP contribution is 2.34. The lowest BCUT2D eigenvalue weighted by atomic mass is 9.75. The van der Waals surface area contributed by atoms with Gasteiger partial charge in [-0.2, -0.15) is 0 Å². The van der Waals surface area contributed by atoms with E-state index in [-0.39, 0.29) is 24.5 Å². The predicted molar refractivity (Wildman–Crippen MR) is 70.5 cm³/mol. The maximum atomic E-state index is 12.0. The average Bonchev–Trinajstić information content (AvgIpc) is 2.29. The Kier molecular flexibility index (Phi) is 6.48. The lowest BCUT2D eigenvalue weighted by Gasteiger charge is -2.30. The molecule has 0 aliphatic rings. The summed E-state index contributed by atoms with van der Waals surface area (Å²) in [5, 5.41) is 9.37. The first kappa shape index (κ1) is 17.9. The molecule has 1 unspecified atom stereocenters. The molecule has 0 fully saturated rings. The Hall–Kier alpha value is -1.11. The summed E-state index contributed by atoms with van der Waals surface area (Å²) in [5.74, 6) is -3.19. The van der Waals surface area contributed by atoms with Crippen LogP contribution in [0.25, 0.3) is 0 Å². The largest absolute Gasteiger partial charge is 0.480 e. The van der Waals surface area contributed by atoms with Crippen LogP contribution >= 0.6 is 0 Å². The summed E-state index contributed by atoms with van der Waals surface area (Å²) in [6.45, 7) is 6.26. The molecular weight excluding hydrogens is 272 g/mol. The first-order valence-electron chi connectivity index (χ1n) is 6.25. The molecule has 19 heavy (non-hydrogen) atoms. The minimum atomic E-state index is -3.34. The third-order valence-electron chi connectivity index (χ3n) is 3.25. The number of hydrogen-bond donors (Lipinski definition) is 1. The summed E-state index contributed by atoms with van der Waals surface area (Å²) in [6.07, 6.45) is -0.269. The topological polar surface area (TPSA) is 97.7 Å². The van der Waals surface area contributed by atoms with Gasteiger partial charge in [-0.05, 0) is 19.3 Å². The van der Waals surface area contributed by atoms with Gasteiger partial charge in [0.25, 0.3) is 0 Å². The number of sulfone groups is 1. The third-order valence-corrected chi connectivity index (χ3v) is 4.96. The quantitative estimate of drug-likeness (QED) is 0.532. The predicted octanol–water partition coefficient (Wildman–Crippen LogP) is 1.10. The zero-order valence-electron chi connectivity index (χ0n) is 11.8. The van der Waals surface area contributed by atoms with E-state index in [1.54, 1.807) is 20.8 Å². The molecule has 0 aromatic rings. The van der Waals surface area contributed by atoms with E-state index in [1.165, 1.54) is 6.92 Å². The highest BCUT2D eigenvalue weighted by molar-refractivity contribution is 7.91. The number of esters is 1. The smallest absolute Gasteiger partial charge is 0.323 e. The summed E-state index contributed by atoms with van der Waals surface area (Å²) >= 11 is 0. The van der Waals surface area contributed by atoms with Crippen molar-refractivity contribution < 1.29 is 27.9 Å². The number of carboxylic acids is 1. The molecule has 1 N–H and O–H groups in total. The molecule has 6 nitrogen and oxygen atoms in total. The molecule has 0 amide bonds. The van der Waals surface area contributed by atoms with E-state index in [4.69, 9.17) is 4.74 Å². The number of aliphatic carboxylic acids is 1. The van der Waals surface area contributed by atoms with Gasteiger partial charge in [0.2, 0.25) is 0 Å². The minimum absolute atomic E-state index is 0.0567. The summed E-state index contributed by atoms with van der Waals surface area (Å²) in [7, 11) is -3.34. The van der Waals surface area contributed by atoms with Crippen molar-refractivity contribution in [3.63, 3.8) is 0 Å². The van der Waals surface area contributed by atoms with Crippen molar-refractivity contribution >= 4 is 21.8 Å². The summed E-state index contributed by atoms with van der Waals surface area (Å²) in [4.78, 5) is 23.4. The van der Waals surface area contributed by atoms with E-state index in [1.807, 2.05) is 0 Å².